The summed E-state index contributed by atoms with van der Waals surface area (Å²) in [6.45, 7) is 3.43. The van der Waals surface area contributed by atoms with Crippen molar-refractivity contribution in [3.05, 3.63) is 52.8 Å². The lowest BCUT2D eigenvalue weighted by atomic mass is 9.93. The van der Waals surface area contributed by atoms with Gasteiger partial charge in [-0.05, 0) is 62.3 Å². The number of carbonyl (C=O) groups is 1. The Morgan fingerprint density at radius 2 is 1.82 bits per heavy atom. The number of aromatic nitrogens is 1. The fourth-order valence-corrected chi connectivity index (χ4v) is 5.92. The fourth-order valence-electron chi connectivity index (χ4n) is 4.05. The van der Waals surface area contributed by atoms with E-state index in [9.17, 15) is 9.00 Å². The highest BCUT2D eigenvalue weighted by Gasteiger charge is 2.20. The van der Waals surface area contributed by atoms with E-state index in [2.05, 4.69) is 27.3 Å². The van der Waals surface area contributed by atoms with Crippen LogP contribution in [0.4, 0.5) is 5.69 Å². The van der Waals surface area contributed by atoms with Gasteiger partial charge in [0.2, 0.25) is 5.91 Å². The lowest BCUT2D eigenvalue weighted by molar-refractivity contribution is -0.121. The summed E-state index contributed by atoms with van der Waals surface area (Å²) in [5, 5.41) is 3.85. The minimum absolute atomic E-state index is 0.0853. The third-order valence-electron chi connectivity index (χ3n) is 6.02. The van der Waals surface area contributed by atoms with E-state index in [1.54, 1.807) is 29.6 Å². The maximum Gasteiger partial charge on any atom is 0.219 e. The summed E-state index contributed by atoms with van der Waals surface area (Å²) < 4.78 is 14.4. The van der Waals surface area contributed by atoms with E-state index in [1.807, 2.05) is 12.4 Å². The lowest BCUT2D eigenvalue weighted by Crippen LogP contribution is -2.35. The molecule has 1 atom stereocenters. The molecule has 0 spiro atoms. The van der Waals surface area contributed by atoms with Crippen LogP contribution in [0.1, 0.15) is 38.5 Å². The number of hydrogen-bond donors (Lipinski definition) is 1. The highest BCUT2D eigenvalue weighted by Crippen LogP contribution is 2.29. The smallest absolute Gasteiger partial charge is 0.219 e. The van der Waals surface area contributed by atoms with Crippen molar-refractivity contribution in [2.75, 3.05) is 38.1 Å². The molecule has 0 bridgehead atoms. The second kappa shape index (κ2) is 13.3. The summed E-state index contributed by atoms with van der Waals surface area (Å²) in [6, 6.07) is 9.21. The molecule has 1 aromatic heterocycles. The van der Waals surface area contributed by atoms with Crippen molar-refractivity contribution < 1.29 is 9.00 Å². The predicted molar refractivity (Wildman–Crippen MR) is 136 cm³/mol. The Balaban J connectivity index is 1.26. The third-order valence-corrected chi connectivity index (χ3v) is 8.41. The number of amides is 1. The Morgan fingerprint density at radius 3 is 2.48 bits per heavy atom. The van der Waals surface area contributed by atoms with E-state index in [1.165, 1.54) is 5.69 Å². The summed E-state index contributed by atoms with van der Waals surface area (Å²) >= 11 is 12.3. The fraction of sp³-hybridized carbons (Fsp3) is 0.500. The van der Waals surface area contributed by atoms with Crippen LogP contribution >= 0.6 is 23.2 Å². The van der Waals surface area contributed by atoms with Gasteiger partial charge in [-0.3, -0.25) is 9.78 Å². The Hall–Kier alpha value is -1.67. The number of nitrogens with one attached hydrogen (secondary N) is 1. The molecule has 33 heavy (non-hydrogen) atoms. The topological polar surface area (TPSA) is 65.5 Å². The van der Waals surface area contributed by atoms with Crippen LogP contribution in [0.2, 0.25) is 10.0 Å². The van der Waals surface area contributed by atoms with Crippen LogP contribution in [0.15, 0.2) is 47.6 Å². The largest absolute Gasteiger partial charge is 0.371 e. The average Bonchev–Trinajstić information content (AvgIpc) is 2.82. The number of benzene rings is 1. The van der Waals surface area contributed by atoms with Gasteiger partial charge in [-0.15, -0.1) is 0 Å². The van der Waals surface area contributed by atoms with Gasteiger partial charge in [0.25, 0.3) is 0 Å². The highest BCUT2D eigenvalue weighted by molar-refractivity contribution is 7.83. The molecule has 3 rings (SSSR count). The normalized spacial score (nSPS) is 15.6. The van der Waals surface area contributed by atoms with E-state index < -0.39 is 11.0 Å². The molecular weight excluding hydrogens is 479 g/mol. The summed E-state index contributed by atoms with van der Waals surface area (Å²) in [5.41, 5.74) is 1.24. The molecule has 1 aliphatic heterocycles. The zero-order valence-corrected chi connectivity index (χ0v) is 21.3. The van der Waals surface area contributed by atoms with Crippen molar-refractivity contribution in [1.29, 1.82) is 0 Å². The SMILES string of the molecule is CN(CCCCC(=O)NCCC1CCN(c2ccncc2)CC1)S(=O)c1c(Cl)cccc1Cl. The predicted octanol–water partition coefficient (Wildman–Crippen LogP) is 4.94. The second-order valence-corrected chi connectivity index (χ2v) is 10.7. The van der Waals surface area contributed by atoms with E-state index in [0.29, 0.717) is 33.8 Å². The van der Waals surface area contributed by atoms with E-state index in [-0.39, 0.29) is 5.91 Å². The number of nitrogens with zero attached hydrogens (tertiary/aromatic N) is 3. The lowest BCUT2D eigenvalue weighted by Gasteiger charge is -2.33. The van der Waals surface area contributed by atoms with Crippen LogP contribution in [-0.2, 0) is 15.8 Å². The second-order valence-electron chi connectivity index (χ2n) is 8.38. The van der Waals surface area contributed by atoms with Crippen molar-refractivity contribution in [1.82, 2.24) is 14.6 Å². The van der Waals surface area contributed by atoms with Gasteiger partial charge >= 0.3 is 0 Å². The molecule has 1 aliphatic rings. The highest BCUT2D eigenvalue weighted by atomic mass is 35.5. The van der Waals surface area contributed by atoms with Crippen LogP contribution in [0, 0.1) is 5.92 Å². The number of halogens is 2. The molecule has 1 amide bonds. The first-order valence-corrected chi connectivity index (χ1v) is 13.3. The van der Waals surface area contributed by atoms with Crippen LogP contribution < -0.4 is 10.2 Å². The van der Waals surface area contributed by atoms with Gasteiger partial charge < -0.3 is 10.2 Å². The monoisotopic (exact) mass is 510 g/mol. The Morgan fingerprint density at radius 1 is 1.15 bits per heavy atom. The molecule has 1 fully saturated rings. The van der Waals surface area contributed by atoms with Crippen LogP contribution in [-0.4, -0.2) is 52.6 Å². The standard InChI is InChI=1S/C24H32Cl2N4O2S/c1-29(33(32)24-21(25)5-4-6-22(24)26)16-3-2-7-23(31)28-15-8-19-11-17-30(18-12-19)20-9-13-27-14-10-20/h4-6,9-10,13-14,19H,2-3,7-8,11-12,15-18H2,1H3,(H,28,31). The maximum atomic E-state index is 12.7. The van der Waals surface area contributed by atoms with Crippen LogP contribution in [0.3, 0.4) is 0 Å². The number of pyridine rings is 1. The van der Waals surface area contributed by atoms with Gasteiger partial charge in [0, 0.05) is 57.7 Å². The van der Waals surface area contributed by atoms with Crippen molar-refractivity contribution in [2.24, 2.45) is 5.92 Å². The van der Waals surface area contributed by atoms with Gasteiger partial charge in [-0.25, -0.2) is 8.51 Å². The minimum atomic E-state index is -1.43. The summed E-state index contributed by atoms with van der Waals surface area (Å²) in [5.74, 6) is 0.741. The molecular formula is C24H32Cl2N4O2S. The first-order chi connectivity index (χ1) is 16.0. The van der Waals surface area contributed by atoms with Gasteiger partial charge in [0.1, 0.15) is 11.0 Å². The summed E-state index contributed by atoms with van der Waals surface area (Å²) in [7, 11) is 0.348. The molecule has 0 saturated carbocycles. The van der Waals surface area contributed by atoms with Gasteiger partial charge in [-0.1, -0.05) is 29.3 Å². The first kappa shape index (κ1) is 25.9. The third kappa shape index (κ3) is 7.95. The molecule has 1 N–H and O–H groups in total. The molecule has 0 radical (unpaired) electrons. The number of carbonyl (C=O) groups excluding carboxylic acids is 1. The zero-order chi connectivity index (χ0) is 23.6. The Kier molecular flexibility index (Phi) is 10.4. The van der Waals surface area contributed by atoms with Crippen molar-refractivity contribution >= 4 is 45.8 Å². The Labute approximate surface area is 209 Å². The van der Waals surface area contributed by atoms with Crippen LogP contribution in [0.5, 0.6) is 0 Å². The molecule has 2 aromatic rings. The molecule has 6 nitrogen and oxygen atoms in total. The number of piperidine rings is 1. The van der Waals surface area contributed by atoms with Crippen molar-refractivity contribution in [2.45, 2.75) is 43.4 Å². The van der Waals surface area contributed by atoms with E-state index in [4.69, 9.17) is 23.2 Å². The average molecular weight is 512 g/mol. The molecule has 1 aromatic carbocycles. The molecule has 1 saturated heterocycles. The van der Waals surface area contributed by atoms with Gasteiger partial charge in [0.05, 0.1) is 14.9 Å². The molecule has 2 heterocycles. The number of rotatable bonds is 11. The first-order valence-electron chi connectivity index (χ1n) is 11.4. The van der Waals surface area contributed by atoms with E-state index in [0.717, 1.165) is 51.7 Å². The Bertz CT molecular complexity index is 904. The van der Waals surface area contributed by atoms with Crippen molar-refractivity contribution in [3.63, 3.8) is 0 Å². The van der Waals surface area contributed by atoms with E-state index >= 15 is 0 Å². The number of anilines is 1. The molecule has 1 unspecified atom stereocenters. The minimum Gasteiger partial charge on any atom is -0.371 e. The summed E-state index contributed by atoms with van der Waals surface area (Å²) in [6.07, 6.45) is 8.99. The van der Waals surface area contributed by atoms with Gasteiger partial charge in [0.15, 0.2) is 0 Å². The molecule has 9 heteroatoms. The number of unbranched alkanes of at least 4 members (excludes halogenated alkanes) is 1. The quantitative estimate of drug-likeness (QED) is 0.435. The number of hydrogen-bond acceptors (Lipinski definition) is 4. The molecule has 0 aliphatic carbocycles. The molecule has 180 valence electrons. The van der Waals surface area contributed by atoms with Gasteiger partial charge in [-0.2, -0.15) is 0 Å². The van der Waals surface area contributed by atoms with Crippen molar-refractivity contribution in [3.8, 4) is 0 Å². The maximum absolute atomic E-state index is 12.7. The van der Waals surface area contributed by atoms with Crippen LogP contribution in [0.25, 0.3) is 0 Å². The summed E-state index contributed by atoms with van der Waals surface area (Å²) in [4.78, 5) is 19.1. The zero-order valence-electron chi connectivity index (χ0n) is 19.0.